The summed E-state index contributed by atoms with van der Waals surface area (Å²) in [7, 11) is -1.27. The van der Waals surface area contributed by atoms with Crippen LogP contribution in [-0.2, 0) is 11.0 Å². The number of rotatable bonds is 3. The number of benzene rings is 1. The molecule has 0 aliphatic heterocycles. The van der Waals surface area contributed by atoms with E-state index in [1.807, 2.05) is 65.8 Å². The van der Waals surface area contributed by atoms with Crippen molar-refractivity contribution in [3.05, 3.63) is 36.2 Å². The first kappa shape index (κ1) is 19.3. The zero-order chi connectivity index (χ0) is 17.6. The second-order valence-electron chi connectivity index (χ2n) is 5.87. The van der Waals surface area contributed by atoms with Crippen molar-refractivity contribution in [1.82, 2.24) is 14.7 Å². The normalized spacial score (nSPS) is 12.3. The van der Waals surface area contributed by atoms with Crippen LogP contribution in [0.1, 0.15) is 40.3 Å². The van der Waals surface area contributed by atoms with Crippen molar-refractivity contribution in [1.29, 1.82) is 0 Å². The Morgan fingerprint density at radius 1 is 1.22 bits per heavy atom. The van der Waals surface area contributed by atoms with Gasteiger partial charge in [-0.2, -0.15) is 0 Å². The molecule has 0 spiro atoms. The number of hydrogen-bond acceptors (Lipinski definition) is 4. The number of nitrogens with one attached hydrogen (secondary N) is 1. The minimum absolute atomic E-state index is 0.224. The van der Waals surface area contributed by atoms with Crippen LogP contribution in [-0.4, -0.2) is 19.7 Å². The van der Waals surface area contributed by atoms with Gasteiger partial charge in [-0.05, 0) is 39.8 Å². The largest absolute Gasteiger partial charge is 0.382 e. The second-order valence-corrected chi connectivity index (χ2v) is 7.09. The maximum Gasteiger partial charge on any atom is 0.144 e. The van der Waals surface area contributed by atoms with Crippen LogP contribution in [0.25, 0.3) is 11.3 Å². The lowest BCUT2D eigenvalue weighted by atomic mass is 10.1. The third-order valence-corrected chi connectivity index (χ3v) is 4.21. The Balaban J connectivity index is 0.00000127. The third kappa shape index (κ3) is 5.73. The number of aryl methyl sites for hydroxylation is 1. The van der Waals surface area contributed by atoms with Crippen molar-refractivity contribution >= 4 is 16.8 Å². The molecule has 23 heavy (non-hydrogen) atoms. The monoisotopic (exact) mass is 334 g/mol. The molecule has 2 aromatic rings. The van der Waals surface area contributed by atoms with Gasteiger partial charge in [-0.3, -0.25) is 0 Å². The maximum absolute atomic E-state index is 12.3. The molecule has 0 aliphatic rings. The summed E-state index contributed by atoms with van der Waals surface area (Å²) in [5.41, 5.74) is 7.73. The Hall–Kier alpha value is -1.79. The molecular formula is C17H26N4OS. The average molecular weight is 334 g/mol. The van der Waals surface area contributed by atoms with Crippen molar-refractivity contribution < 1.29 is 4.21 Å². The fourth-order valence-electron chi connectivity index (χ4n) is 1.74. The van der Waals surface area contributed by atoms with Gasteiger partial charge in [0, 0.05) is 11.1 Å². The van der Waals surface area contributed by atoms with Gasteiger partial charge in [0.1, 0.15) is 16.8 Å². The molecule has 0 aliphatic carbocycles. The van der Waals surface area contributed by atoms with E-state index >= 15 is 0 Å². The molecule has 1 aromatic carbocycles. The predicted molar refractivity (Wildman–Crippen MR) is 97.3 cm³/mol. The Labute approximate surface area is 141 Å². The smallest absolute Gasteiger partial charge is 0.144 e. The lowest BCUT2D eigenvalue weighted by Gasteiger charge is -2.19. The molecule has 6 heteroatoms. The minimum atomic E-state index is -1.27. The highest BCUT2D eigenvalue weighted by Gasteiger charge is 2.15. The van der Waals surface area contributed by atoms with Crippen LogP contribution in [0.5, 0.6) is 0 Å². The van der Waals surface area contributed by atoms with E-state index in [2.05, 4.69) is 14.7 Å². The standard InChI is InChI=1S/C15H20N4OS.C2H6/c1-10-14(16)17-9-13(18-10)11-6-5-7-12(8-11)21(20)19-15(2,3)4;1-2/h5-9,19H,1-4H3,(H2,16,17);1-2H3. The first-order valence-electron chi connectivity index (χ1n) is 7.65. The molecule has 0 fully saturated rings. The summed E-state index contributed by atoms with van der Waals surface area (Å²) in [6, 6.07) is 7.46. The van der Waals surface area contributed by atoms with Crippen LogP contribution < -0.4 is 10.5 Å². The van der Waals surface area contributed by atoms with Gasteiger partial charge in [-0.25, -0.2) is 18.9 Å². The summed E-state index contributed by atoms with van der Waals surface area (Å²) in [5, 5.41) is 0. The van der Waals surface area contributed by atoms with E-state index in [1.165, 1.54) is 0 Å². The molecule has 0 saturated carbocycles. The van der Waals surface area contributed by atoms with E-state index in [9.17, 15) is 4.21 Å². The molecule has 5 nitrogen and oxygen atoms in total. The summed E-state index contributed by atoms with van der Waals surface area (Å²) < 4.78 is 15.4. The molecule has 1 unspecified atom stereocenters. The number of nitrogens with zero attached hydrogens (tertiary/aromatic N) is 2. The van der Waals surface area contributed by atoms with Crippen LogP contribution in [0.2, 0.25) is 0 Å². The van der Waals surface area contributed by atoms with Gasteiger partial charge in [0.2, 0.25) is 0 Å². The Morgan fingerprint density at radius 2 is 1.87 bits per heavy atom. The SMILES string of the molecule is CC.Cc1nc(-c2cccc(S(=O)NC(C)(C)C)c2)cnc1N. The predicted octanol–water partition coefficient (Wildman–Crippen LogP) is 3.47. The Bertz CT molecular complexity index is 681. The summed E-state index contributed by atoms with van der Waals surface area (Å²) >= 11 is 0. The van der Waals surface area contributed by atoms with Crippen molar-refractivity contribution in [3.8, 4) is 11.3 Å². The van der Waals surface area contributed by atoms with Crippen LogP contribution >= 0.6 is 0 Å². The van der Waals surface area contributed by atoms with E-state index in [0.717, 1.165) is 11.3 Å². The van der Waals surface area contributed by atoms with Crippen LogP contribution in [0.3, 0.4) is 0 Å². The zero-order valence-corrected chi connectivity index (χ0v) is 15.5. The maximum atomic E-state index is 12.3. The summed E-state index contributed by atoms with van der Waals surface area (Å²) in [5.74, 6) is 0.424. The van der Waals surface area contributed by atoms with Gasteiger partial charge in [-0.1, -0.05) is 26.0 Å². The Kier molecular flexibility index (Phi) is 6.84. The number of nitrogen functional groups attached to an aromatic ring is 1. The molecule has 1 aromatic heterocycles. The van der Waals surface area contributed by atoms with Crippen molar-refractivity contribution in [2.75, 3.05) is 5.73 Å². The van der Waals surface area contributed by atoms with Gasteiger partial charge in [-0.15, -0.1) is 0 Å². The fourth-order valence-corrected chi connectivity index (χ4v) is 2.85. The third-order valence-electron chi connectivity index (χ3n) is 2.73. The first-order valence-corrected chi connectivity index (χ1v) is 8.80. The molecule has 1 heterocycles. The molecule has 3 N–H and O–H groups in total. The number of anilines is 1. The lowest BCUT2D eigenvalue weighted by molar-refractivity contribution is 0.519. The van der Waals surface area contributed by atoms with Crippen LogP contribution in [0.15, 0.2) is 35.4 Å². The molecular weight excluding hydrogens is 308 g/mol. The molecule has 0 bridgehead atoms. The van der Waals surface area contributed by atoms with E-state index in [4.69, 9.17) is 5.73 Å². The highest BCUT2D eigenvalue weighted by Crippen LogP contribution is 2.21. The summed E-state index contributed by atoms with van der Waals surface area (Å²) in [6.07, 6.45) is 1.63. The fraction of sp³-hybridized carbons (Fsp3) is 0.412. The summed E-state index contributed by atoms with van der Waals surface area (Å²) in [6.45, 7) is 11.7. The topological polar surface area (TPSA) is 80.9 Å². The van der Waals surface area contributed by atoms with E-state index in [1.54, 1.807) is 6.20 Å². The molecule has 0 radical (unpaired) electrons. The van der Waals surface area contributed by atoms with Crippen molar-refractivity contribution in [2.45, 2.75) is 52.0 Å². The van der Waals surface area contributed by atoms with E-state index < -0.39 is 11.0 Å². The second kappa shape index (κ2) is 8.17. The summed E-state index contributed by atoms with van der Waals surface area (Å²) in [4.78, 5) is 9.23. The van der Waals surface area contributed by atoms with E-state index in [0.29, 0.717) is 16.4 Å². The highest BCUT2D eigenvalue weighted by molar-refractivity contribution is 7.83. The zero-order valence-electron chi connectivity index (χ0n) is 14.7. The molecule has 1 atom stereocenters. The number of hydrogen-bond donors (Lipinski definition) is 2. The molecule has 0 amide bonds. The van der Waals surface area contributed by atoms with Crippen LogP contribution in [0.4, 0.5) is 5.82 Å². The van der Waals surface area contributed by atoms with Crippen LogP contribution in [0, 0.1) is 6.92 Å². The van der Waals surface area contributed by atoms with Gasteiger partial charge in [0.25, 0.3) is 0 Å². The van der Waals surface area contributed by atoms with Crippen molar-refractivity contribution in [2.24, 2.45) is 0 Å². The number of aromatic nitrogens is 2. The lowest BCUT2D eigenvalue weighted by Crippen LogP contribution is -2.37. The van der Waals surface area contributed by atoms with Gasteiger partial charge < -0.3 is 5.73 Å². The van der Waals surface area contributed by atoms with Gasteiger partial charge in [0.05, 0.1) is 22.5 Å². The Morgan fingerprint density at radius 3 is 2.43 bits per heavy atom. The molecule has 2 rings (SSSR count). The highest BCUT2D eigenvalue weighted by atomic mass is 32.2. The molecule has 0 saturated heterocycles. The number of nitrogens with two attached hydrogens (primary N) is 1. The minimum Gasteiger partial charge on any atom is -0.382 e. The van der Waals surface area contributed by atoms with E-state index in [-0.39, 0.29) is 5.54 Å². The average Bonchev–Trinajstić information content (AvgIpc) is 2.50. The van der Waals surface area contributed by atoms with Gasteiger partial charge in [0.15, 0.2) is 0 Å². The first-order chi connectivity index (χ1) is 10.8. The van der Waals surface area contributed by atoms with Crippen molar-refractivity contribution in [3.63, 3.8) is 0 Å². The van der Waals surface area contributed by atoms with Gasteiger partial charge >= 0.3 is 0 Å². The molecule has 126 valence electrons. The quantitative estimate of drug-likeness (QED) is 0.900.